The van der Waals surface area contributed by atoms with Gasteiger partial charge in [0.1, 0.15) is 0 Å². The van der Waals surface area contributed by atoms with E-state index in [2.05, 4.69) is 5.32 Å². The van der Waals surface area contributed by atoms with Crippen LogP contribution < -0.4 is 5.32 Å². The van der Waals surface area contributed by atoms with E-state index < -0.39 is 4.92 Å². The third-order valence-electron chi connectivity index (χ3n) is 3.15. The Labute approximate surface area is 98.8 Å². The normalized spacial score (nSPS) is 17.1. The number of nitrogens with one attached hydrogen (secondary N) is 1. The maximum atomic E-state index is 10.7. The lowest BCUT2D eigenvalue weighted by Gasteiger charge is -2.14. The number of halogens is 1. The molecular weight excluding hydrogens is 228 g/mol. The molecule has 1 aliphatic carbocycles. The Morgan fingerprint density at radius 1 is 1.56 bits per heavy atom. The van der Waals surface area contributed by atoms with Crippen molar-refractivity contribution in [2.45, 2.75) is 24.8 Å². The Hall–Kier alpha value is -1.13. The van der Waals surface area contributed by atoms with Gasteiger partial charge in [0.05, 0.1) is 4.92 Å². The van der Waals surface area contributed by atoms with E-state index in [0.29, 0.717) is 5.02 Å². The van der Waals surface area contributed by atoms with Gasteiger partial charge in [0, 0.05) is 22.7 Å². The molecule has 0 spiro atoms. The summed E-state index contributed by atoms with van der Waals surface area (Å²) in [5, 5.41) is 14.5. The number of hydrogen-bond acceptors (Lipinski definition) is 3. The summed E-state index contributed by atoms with van der Waals surface area (Å²) in [5.74, 6) is 0. The number of rotatable bonds is 4. The Morgan fingerprint density at radius 2 is 2.25 bits per heavy atom. The van der Waals surface area contributed by atoms with Crippen LogP contribution in [0.15, 0.2) is 18.2 Å². The monoisotopic (exact) mass is 240 g/mol. The Kier molecular flexibility index (Phi) is 2.86. The highest BCUT2D eigenvalue weighted by Gasteiger charge is 2.41. The van der Waals surface area contributed by atoms with Crippen molar-refractivity contribution < 1.29 is 4.92 Å². The van der Waals surface area contributed by atoms with Crippen molar-refractivity contribution in [1.29, 1.82) is 0 Å². The molecule has 0 bridgehead atoms. The summed E-state index contributed by atoms with van der Waals surface area (Å²) >= 11 is 6.04. The largest absolute Gasteiger partial charge is 0.314 e. The van der Waals surface area contributed by atoms with Crippen LogP contribution in [0.1, 0.15) is 18.4 Å². The van der Waals surface area contributed by atoms with E-state index in [1.54, 1.807) is 12.1 Å². The molecule has 0 radical (unpaired) electrons. The van der Waals surface area contributed by atoms with Crippen LogP contribution in [-0.4, -0.2) is 17.5 Å². The topological polar surface area (TPSA) is 55.2 Å². The fourth-order valence-electron chi connectivity index (χ4n) is 1.84. The summed E-state index contributed by atoms with van der Waals surface area (Å²) in [6.07, 6.45) is 2.95. The summed E-state index contributed by atoms with van der Waals surface area (Å²) in [4.78, 5) is 10.3. The number of likely N-dealkylation sites (N-methyl/N-ethyl adjacent to an activating group) is 1. The van der Waals surface area contributed by atoms with Gasteiger partial charge in [-0.2, -0.15) is 0 Å². The van der Waals surface area contributed by atoms with Crippen molar-refractivity contribution in [2.75, 3.05) is 7.05 Å². The maximum absolute atomic E-state index is 10.7. The molecule has 0 aromatic heterocycles. The Morgan fingerprint density at radius 3 is 2.75 bits per heavy atom. The lowest BCUT2D eigenvalue weighted by Crippen LogP contribution is -2.29. The molecule has 1 saturated carbocycles. The maximum Gasteiger partial charge on any atom is 0.269 e. The lowest BCUT2D eigenvalue weighted by molar-refractivity contribution is -0.384. The Balaban J connectivity index is 2.25. The highest BCUT2D eigenvalue weighted by Crippen LogP contribution is 2.40. The van der Waals surface area contributed by atoms with Crippen LogP contribution in [0.2, 0.25) is 5.02 Å². The van der Waals surface area contributed by atoms with E-state index >= 15 is 0 Å². The van der Waals surface area contributed by atoms with Gasteiger partial charge in [0.15, 0.2) is 0 Å². The first kappa shape index (κ1) is 11.4. The molecule has 0 aliphatic heterocycles. The lowest BCUT2D eigenvalue weighted by atomic mass is 10.0. The molecule has 0 atom stereocenters. The molecule has 1 fully saturated rings. The molecule has 1 aromatic carbocycles. The number of hydrogen-bond donors (Lipinski definition) is 1. The molecule has 4 nitrogen and oxygen atoms in total. The van der Waals surface area contributed by atoms with Crippen molar-refractivity contribution in [3.05, 3.63) is 38.9 Å². The van der Waals surface area contributed by atoms with Gasteiger partial charge in [-0.1, -0.05) is 11.6 Å². The second-order valence-corrected chi connectivity index (χ2v) is 4.65. The number of non-ortho nitro benzene ring substituents is 1. The molecule has 2 rings (SSSR count). The second kappa shape index (κ2) is 4.03. The summed E-state index contributed by atoms with van der Waals surface area (Å²) in [6.45, 7) is 0. The van der Waals surface area contributed by atoms with Crippen LogP contribution in [0.3, 0.4) is 0 Å². The number of nitro groups is 1. The molecule has 0 unspecified atom stereocenters. The standard InChI is InChI=1S/C11H13ClN2O2/c1-13-11(4-5-11)7-8-6-9(14(15)16)2-3-10(8)12/h2-3,6,13H,4-5,7H2,1H3. The molecule has 0 heterocycles. The fourth-order valence-corrected chi connectivity index (χ4v) is 2.03. The van der Waals surface area contributed by atoms with Gasteiger partial charge in [-0.3, -0.25) is 10.1 Å². The zero-order chi connectivity index (χ0) is 11.8. The minimum absolute atomic E-state index is 0.103. The van der Waals surface area contributed by atoms with Crippen LogP contribution in [0.25, 0.3) is 0 Å². The van der Waals surface area contributed by atoms with Crippen molar-refractivity contribution in [2.24, 2.45) is 0 Å². The number of benzene rings is 1. The van der Waals surface area contributed by atoms with E-state index in [4.69, 9.17) is 11.6 Å². The third-order valence-corrected chi connectivity index (χ3v) is 3.52. The van der Waals surface area contributed by atoms with E-state index in [0.717, 1.165) is 24.8 Å². The first-order chi connectivity index (χ1) is 7.56. The van der Waals surface area contributed by atoms with Crippen molar-refractivity contribution in [3.63, 3.8) is 0 Å². The van der Waals surface area contributed by atoms with Gasteiger partial charge in [0.2, 0.25) is 0 Å². The van der Waals surface area contributed by atoms with Crippen LogP contribution in [0.4, 0.5) is 5.69 Å². The predicted molar refractivity (Wildman–Crippen MR) is 62.8 cm³/mol. The van der Waals surface area contributed by atoms with Gasteiger partial charge in [-0.05, 0) is 37.9 Å². The van der Waals surface area contributed by atoms with Crippen LogP contribution in [0.5, 0.6) is 0 Å². The zero-order valence-electron chi connectivity index (χ0n) is 9.00. The molecule has 1 aliphatic rings. The van der Waals surface area contributed by atoms with E-state index in [9.17, 15) is 10.1 Å². The summed E-state index contributed by atoms with van der Waals surface area (Å²) < 4.78 is 0. The van der Waals surface area contributed by atoms with Crippen molar-refractivity contribution in [3.8, 4) is 0 Å². The average molecular weight is 241 g/mol. The van der Waals surface area contributed by atoms with E-state index in [-0.39, 0.29) is 11.2 Å². The first-order valence-corrected chi connectivity index (χ1v) is 5.56. The number of nitrogens with zero attached hydrogens (tertiary/aromatic N) is 1. The first-order valence-electron chi connectivity index (χ1n) is 5.18. The predicted octanol–water partition coefficient (Wildman–Crippen LogP) is 2.54. The van der Waals surface area contributed by atoms with Gasteiger partial charge >= 0.3 is 0 Å². The van der Waals surface area contributed by atoms with Gasteiger partial charge in [0.25, 0.3) is 5.69 Å². The van der Waals surface area contributed by atoms with Crippen molar-refractivity contribution in [1.82, 2.24) is 5.32 Å². The zero-order valence-corrected chi connectivity index (χ0v) is 9.75. The van der Waals surface area contributed by atoms with Crippen LogP contribution in [0, 0.1) is 10.1 Å². The molecule has 5 heteroatoms. The molecule has 1 N–H and O–H groups in total. The Bertz CT molecular complexity index is 430. The van der Waals surface area contributed by atoms with Crippen LogP contribution in [-0.2, 0) is 6.42 Å². The minimum Gasteiger partial charge on any atom is -0.314 e. The number of nitro benzene ring substituents is 1. The highest BCUT2D eigenvalue weighted by atomic mass is 35.5. The van der Waals surface area contributed by atoms with Gasteiger partial charge in [-0.15, -0.1) is 0 Å². The fraction of sp³-hybridized carbons (Fsp3) is 0.455. The van der Waals surface area contributed by atoms with Crippen molar-refractivity contribution >= 4 is 17.3 Å². The quantitative estimate of drug-likeness (QED) is 0.650. The summed E-state index contributed by atoms with van der Waals surface area (Å²) in [7, 11) is 1.91. The molecular formula is C11H13ClN2O2. The van der Waals surface area contributed by atoms with E-state index in [1.165, 1.54) is 6.07 Å². The average Bonchev–Trinajstić information content (AvgIpc) is 3.02. The molecule has 0 saturated heterocycles. The van der Waals surface area contributed by atoms with E-state index in [1.807, 2.05) is 7.05 Å². The summed E-state index contributed by atoms with van der Waals surface area (Å²) in [5.41, 5.74) is 1.06. The molecule has 16 heavy (non-hydrogen) atoms. The third kappa shape index (κ3) is 2.18. The minimum atomic E-state index is -0.390. The highest BCUT2D eigenvalue weighted by molar-refractivity contribution is 6.31. The van der Waals surface area contributed by atoms with Gasteiger partial charge < -0.3 is 5.32 Å². The molecule has 0 amide bonds. The smallest absolute Gasteiger partial charge is 0.269 e. The molecule has 86 valence electrons. The van der Waals surface area contributed by atoms with Gasteiger partial charge in [-0.25, -0.2) is 0 Å². The SMILES string of the molecule is CNC1(Cc2cc([N+](=O)[O-])ccc2Cl)CC1. The van der Waals surface area contributed by atoms with Crippen LogP contribution >= 0.6 is 11.6 Å². The summed E-state index contributed by atoms with van der Waals surface area (Å²) in [6, 6.07) is 4.60. The molecule has 1 aromatic rings. The second-order valence-electron chi connectivity index (χ2n) is 4.24.